The van der Waals surface area contributed by atoms with Gasteiger partial charge in [-0.1, -0.05) is 6.07 Å². The van der Waals surface area contributed by atoms with Gasteiger partial charge < -0.3 is 15.9 Å². The Kier molecular flexibility index (Phi) is 4.47. The maximum Gasteiger partial charge on any atom is 0.240 e. The number of aliphatic hydroxyl groups is 2. The average Bonchev–Trinajstić information content (AvgIpc) is 2.29. The second-order valence-electron chi connectivity index (χ2n) is 3.66. The van der Waals surface area contributed by atoms with Gasteiger partial charge in [0.2, 0.25) is 10.0 Å². The molecular weight excluding hydrogens is 244 g/mol. The fourth-order valence-corrected chi connectivity index (χ4v) is 2.62. The van der Waals surface area contributed by atoms with Crippen LogP contribution in [-0.4, -0.2) is 37.9 Å². The summed E-state index contributed by atoms with van der Waals surface area (Å²) in [6, 6.07) is 4.58. The fraction of sp³-hybridized carbons (Fsp3) is 0.400. The van der Waals surface area contributed by atoms with Crippen LogP contribution in [0.25, 0.3) is 0 Å². The lowest BCUT2D eigenvalue weighted by Crippen LogP contribution is -2.34. The minimum Gasteiger partial charge on any atom is -0.398 e. The Labute approximate surface area is 100 Å². The van der Waals surface area contributed by atoms with Gasteiger partial charge in [-0.25, -0.2) is 13.1 Å². The standard InChI is InChI=1S/C10H16N2O4S/c1-7-9(11)3-2-4-10(7)17(15,16)12-5-8(14)6-13/h2-4,8,12-14H,5-6,11H2,1H3. The molecule has 1 aromatic carbocycles. The van der Waals surface area contributed by atoms with Crippen LogP contribution < -0.4 is 10.5 Å². The van der Waals surface area contributed by atoms with E-state index in [1.54, 1.807) is 19.1 Å². The minimum absolute atomic E-state index is 0.0719. The van der Waals surface area contributed by atoms with E-state index < -0.39 is 22.7 Å². The predicted molar refractivity (Wildman–Crippen MR) is 63.9 cm³/mol. The molecule has 1 atom stereocenters. The Morgan fingerprint density at radius 1 is 1.47 bits per heavy atom. The van der Waals surface area contributed by atoms with Crippen molar-refractivity contribution >= 4 is 15.7 Å². The molecule has 0 aliphatic rings. The molecule has 0 radical (unpaired) electrons. The number of nitrogens with two attached hydrogens (primary N) is 1. The van der Waals surface area contributed by atoms with Crippen LogP contribution in [-0.2, 0) is 10.0 Å². The van der Waals surface area contributed by atoms with E-state index >= 15 is 0 Å². The van der Waals surface area contributed by atoms with Gasteiger partial charge in [0, 0.05) is 12.2 Å². The van der Waals surface area contributed by atoms with Crippen molar-refractivity contribution < 1.29 is 18.6 Å². The first-order valence-electron chi connectivity index (χ1n) is 5.02. The molecule has 0 amide bonds. The Hall–Kier alpha value is -1.15. The smallest absolute Gasteiger partial charge is 0.240 e. The molecule has 0 fully saturated rings. The Morgan fingerprint density at radius 3 is 2.71 bits per heavy atom. The van der Waals surface area contributed by atoms with Crippen LogP contribution in [0.15, 0.2) is 23.1 Å². The number of nitrogen functional groups attached to an aromatic ring is 1. The minimum atomic E-state index is -3.72. The molecule has 6 nitrogen and oxygen atoms in total. The molecule has 1 rings (SSSR count). The molecule has 0 aliphatic carbocycles. The highest BCUT2D eigenvalue weighted by atomic mass is 32.2. The first-order chi connectivity index (χ1) is 7.88. The van der Waals surface area contributed by atoms with Crippen molar-refractivity contribution in [3.63, 3.8) is 0 Å². The van der Waals surface area contributed by atoms with Gasteiger partial charge >= 0.3 is 0 Å². The van der Waals surface area contributed by atoms with E-state index in [1.165, 1.54) is 6.07 Å². The number of benzene rings is 1. The second-order valence-corrected chi connectivity index (χ2v) is 5.39. The zero-order valence-corrected chi connectivity index (χ0v) is 10.2. The van der Waals surface area contributed by atoms with Crippen LogP contribution in [0.2, 0.25) is 0 Å². The monoisotopic (exact) mass is 260 g/mol. The van der Waals surface area contributed by atoms with E-state index in [4.69, 9.17) is 15.9 Å². The highest BCUT2D eigenvalue weighted by Gasteiger charge is 2.18. The van der Waals surface area contributed by atoms with Gasteiger partial charge in [0.25, 0.3) is 0 Å². The lowest BCUT2D eigenvalue weighted by atomic mass is 10.2. The number of rotatable bonds is 5. The van der Waals surface area contributed by atoms with E-state index in [1.807, 2.05) is 0 Å². The normalized spacial score (nSPS) is 13.6. The molecule has 96 valence electrons. The third kappa shape index (κ3) is 3.40. The molecule has 7 heteroatoms. The fourth-order valence-electron chi connectivity index (χ4n) is 1.27. The van der Waals surface area contributed by atoms with Crippen molar-refractivity contribution in [1.82, 2.24) is 4.72 Å². The molecule has 0 aliphatic heterocycles. The highest BCUT2D eigenvalue weighted by Crippen LogP contribution is 2.19. The number of nitrogens with one attached hydrogen (secondary N) is 1. The maximum absolute atomic E-state index is 11.9. The summed E-state index contributed by atoms with van der Waals surface area (Å²) in [5, 5.41) is 17.7. The van der Waals surface area contributed by atoms with Crippen LogP contribution in [0, 0.1) is 6.92 Å². The Bertz CT molecular complexity index is 487. The van der Waals surface area contributed by atoms with Crippen LogP contribution >= 0.6 is 0 Å². The van der Waals surface area contributed by atoms with Crippen molar-refractivity contribution in [3.05, 3.63) is 23.8 Å². The molecule has 0 saturated heterocycles. The van der Waals surface area contributed by atoms with Gasteiger partial charge in [-0.15, -0.1) is 0 Å². The summed E-state index contributed by atoms with van der Waals surface area (Å²) in [5.41, 5.74) is 6.46. The van der Waals surface area contributed by atoms with Crippen molar-refractivity contribution in [3.8, 4) is 0 Å². The second kappa shape index (κ2) is 5.46. The predicted octanol–water partition coefficient (Wildman–Crippen LogP) is -0.791. The summed E-state index contributed by atoms with van der Waals surface area (Å²) >= 11 is 0. The summed E-state index contributed by atoms with van der Waals surface area (Å²) in [6.45, 7) is 0.859. The lowest BCUT2D eigenvalue weighted by Gasteiger charge is -2.12. The van der Waals surface area contributed by atoms with Gasteiger partial charge in [0.15, 0.2) is 0 Å². The van der Waals surface area contributed by atoms with Crippen LogP contribution in [0.3, 0.4) is 0 Å². The molecule has 0 aromatic heterocycles. The first kappa shape index (κ1) is 13.9. The molecule has 0 saturated carbocycles. The van der Waals surface area contributed by atoms with Gasteiger partial charge in [0.1, 0.15) is 0 Å². The lowest BCUT2D eigenvalue weighted by molar-refractivity contribution is 0.0988. The largest absolute Gasteiger partial charge is 0.398 e. The van der Waals surface area contributed by atoms with Gasteiger partial charge in [-0.2, -0.15) is 0 Å². The number of aliphatic hydroxyl groups excluding tert-OH is 2. The molecular formula is C10H16N2O4S. The third-order valence-corrected chi connectivity index (χ3v) is 3.90. The van der Waals surface area contributed by atoms with Crippen molar-refractivity contribution in [2.45, 2.75) is 17.9 Å². The quantitative estimate of drug-likeness (QED) is 0.518. The van der Waals surface area contributed by atoms with E-state index in [0.717, 1.165) is 0 Å². The van der Waals surface area contributed by atoms with Crippen molar-refractivity contribution in [2.75, 3.05) is 18.9 Å². The van der Waals surface area contributed by atoms with Crippen molar-refractivity contribution in [2.24, 2.45) is 0 Å². The summed E-state index contributed by atoms with van der Waals surface area (Å²) in [4.78, 5) is 0.0719. The molecule has 0 spiro atoms. The SMILES string of the molecule is Cc1c(N)cccc1S(=O)(=O)NCC(O)CO. The summed E-state index contributed by atoms with van der Waals surface area (Å²) in [5.74, 6) is 0. The number of hydrogen-bond donors (Lipinski definition) is 4. The van der Waals surface area contributed by atoms with Crippen LogP contribution in [0.4, 0.5) is 5.69 Å². The van der Waals surface area contributed by atoms with E-state index in [2.05, 4.69) is 4.72 Å². The topological polar surface area (TPSA) is 113 Å². The molecule has 5 N–H and O–H groups in total. The molecule has 0 bridgehead atoms. The molecule has 0 heterocycles. The van der Waals surface area contributed by atoms with Crippen molar-refractivity contribution in [1.29, 1.82) is 0 Å². The van der Waals surface area contributed by atoms with E-state index in [9.17, 15) is 8.42 Å². The molecule has 1 aromatic rings. The number of sulfonamides is 1. The van der Waals surface area contributed by atoms with Crippen LogP contribution in [0.5, 0.6) is 0 Å². The first-order valence-corrected chi connectivity index (χ1v) is 6.50. The van der Waals surface area contributed by atoms with E-state index in [0.29, 0.717) is 11.3 Å². The maximum atomic E-state index is 11.9. The highest BCUT2D eigenvalue weighted by molar-refractivity contribution is 7.89. The Balaban J connectivity index is 2.94. The van der Waals surface area contributed by atoms with Gasteiger partial charge in [-0.3, -0.25) is 0 Å². The third-order valence-electron chi connectivity index (χ3n) is 2.34. The summed E-state index contributed by atoms with van der Waals surface area (Å²) in [6.07, 6.45) is -1.12. The zero-order chi connectivity index (χ0) is 13.1. The van der Waals surface area contributed by atoms with E-state index in [-0.39, 0.29) is 11.4 Å². The molecule has 17 heavy (non-hydrogen) atoms. The summed E-state index contributed by atoms with van der Waals surface area (Å²) < 4.78 is 25.9. The summed E-state index contributed by atoms with van der Waals surface area (Å²) in [7, 11) is -3.72. The number of hydrogen-bond acceptors (Lipinski definition) is 5. The number of anilines is 1. The Morgan fingerprint density at radius 2 is 2.12 bits per heavy atom. The van der Waals surface area contributed by atoms with Crippen LogP contribution in [0.1, 0.15) is 5.56 Å². The zero-order valence-electron chi connectivity index (χ0n) is 9.42. The average molecular weight is 260 g/mol. The van der Waals surface area contributed by atoms with Gasteiger partial charge in [0.05, 0.1) is 17.6 Å². The van der Waals surface area contributed by atoms with Gasteiger partial charge in [-0.05, 0) is 24.6 Å². The molecule has 1 unspecified atom stereocenters.